The largest absolute Gasteiger partial charge is 0.453 e. The van der Waals surface area contributed by atoms with Crippen LogP contribution in [0.5, 0.6) is 0 Å². The maximum atomic E-state index is 12.4. The molecule has 0 atom stereocenters. The molecule has 0 aliphatic heterocycles. The van der Waals surface area contributed by atoms with Crippen LogP contribution in [0, 0.1) is 0 Å². The molecule has 0 unspecified atom stereocenters. The first-order valence-corrected chi connectivity index (χ1v) is 7.55. The maximum Gasteiger partial charge on any atom is 0.216 e. The molecule has 3 aromatic carbocycles. The van der Waals surface area contributed by atoms with Gasteiger partial charge >= 0.3 is 0 Å². The highest BCUT2D eigenvalue weighted by atomic mass is 16.3. The summed E-state index contributed by atoms with van der Waals surface area (Å²) in [5.74, 6) is 0.327. The summed E-state index contributed by atoms with van der Waals surface area (Å²) in [7, 11) is 0. The van der Waals surface area contributed by atoms with Crippen LogP contribution in [-0.4, -0.2) is 12.3 Å². The lowest BCUT2D eigenvalue weighted by atomic mass is 10.1. The Morgan fingerprint density at radius 2 is 1.61 bits per heavy atom. The smallest absolute Gasteiger partial charge is 0.216 e. The fourth-order valence-corrected chi connectivity index (χ4v) is 2.76. The first-order valence-electron chi connectivity index (χ1n) is 7.55. The third-order valence-electron chi connectivity index (χ3n) is 3.93. The molecule has 0 fully saturated rings. The minimum absolute atomic E-state index is 0.0610. The summed E-state index contributed by atoms with van der Waals surface area (Å²) in [6, 6.07) is 23.5. The quantitative estimate of drug-likeness (QED) is 0.546. The van der Waals surface area contributed by atoms with E-state index in [0.717, 1.165) is 27.4 Å². The predicted molar refractivity (Wildman–Crippen MR) is 93.0 cm³/mol. The van der Waals surface area contributed by atoms with Crippen molar-refractivity contribution >= 4 is 33.2 Å². The molecule has 0 aliphatic carbocycles. The van der Waals surface area contributed by atoms with E-state index in [1.807, 2.05) is 54.6 Å². The van der Waals surface area contributed by atoms with Crippen LogP contribution in [0.4, 0.5) is 5.69 Å². The monoisotopic (exact) mass is 301 g/mol. The number of nitrogens with one attached hydrogen (secondary N) is 1. The predicted octanol–water partition coefficient (Wildman–Crippen LogP) is 4.88. The Labute approximate surface area is 133 Å². The molecule has 4 rings (SSSR count). The molecule has 1 heterocycles. The Balaban J connectivity index is 1.57. The Kier molecular flexibility index (Phi) is 3.31. The number of anilines is 1. The molecule has 23 heavy (non-hydrogen) atoms. The van der Waals surface area contributed by atoms with Gasteiger partial charge in [-0.3, -0.25) is 4.79 Å². The van der Waals surface area contributed by atoms with E-state index >= 15 is 0 Å². The van der Waals surface area contributed by atoms with Gasteiger partial charge in [0.15, 0.2) is 5.76 Å². The van der Waals surface area contributed by atoms with E-state index < -0.39 is 0 Å². The number of furan rings is 1. The summed E-state index contributed by atoms with van der Waals surface area (Å²) in [5, 5.41) is 6.42. The lowest BCUT2D eigenvalue weighted by Crippen LogP contribution is -2.13. The Hall–Kier alpha value is -3.07. The molecular formula is C20H15NO2. The summed E-state index contributed by atoms with van der Waals surface area (Å²) in [5.41, 5.74) is 1.69. The van der Waals surface area contributed by atoms with Gasteiger partial charge in [-0.15, -0.1) is 0 Å². The molecule has 3 nitrogen and oxygen atoms in total. The van der Waals surface area contributed by atoms with Gasteiger partial charge in [0.2, 0.25) is 5.78 Å². The molecule has 0 spiro atoms. The van der Waals surface area contributed by atoms with Gasteiger partial charge in [-0.25, -0.2) is 0 Å². The molecule has 0 aliphatic rings. The van der Waals surface area contributed by atoms with Crippen LogP contribution in [0.1, 0.15) is 10.6 Å². The van der Waals surface area contributed by atoms with Crippen LogP contribution < -0.4 is 5.32 Å². The van der Waals surface area contributed by atoms with Gasteiger partial charge in [0, 0.05) is 16.5 Å². The molecule has 1 N–H and O–H groups in total. The number of benzene rings is 3. The van der Waals surface area contributed by atoms with Crippen LogP contribution >= 0.6 is 0 Å². The minimum atomic E-state index is -0.0610. The van der Waals surface area contributed by atoms with Crippen molar-refractivity contribution in [3.63, 3.8) is 0 Å². The second kappa shape index (κ2) is 5.61. The Morgan fingerprint density at radius 1 is 0.870 bits per heavy atom. The van der Waals surface area contributed by atoms with Crippen molar-refractivity contribution in [2.75, 3.05) is 11.9 Å². The summed E-state index contributed by atoms with van der Waals surface area (Å²) in [4.78, 5) is 12.4. The number of hydrogen-bond donors (Lipinski definition) is 1. The molecule has 0 radical (unpaired) electrons. The highest BCUT2D eigenvalue weighted by Crippen LogP contribution is 2.23. The number of fused-ring (bicyclic) bond motifs is 2. The zero-order chi connectivity index (χ0) is 15.6. The summed E-state index contributed by atoms with van der Waals surface area (Å²) < 4.78 is 5.62. The molecule has 0 saturated carbocycles. The SMILES string of the molecule is O=C(CNc1cccc2ccccc12)c1cc2ccccc2o1. The second-order valence-electron chi connectivity index (χ2n) is 5.45. The average Bonchev–Trinajstić information content (AvgIpc) is 3.04. The van der Waals surface area contributed by atoms with Gasteiger partial charge in [0.25, 0.3) is 0 Å². The van der Waals surface area contributed by atoms with Gasteiger partial charge in [-0.2, -0.15) is 0 Å². The first-order chi connectivity index (χ1) is 11.3. The molecule has 0 saturated heterocycles. The zero-order valence-corrected chi connectivity index (χ0v) is 12.5. The number of rotatable bonds is 4. The molecule has 112 valence electrons. The van der Waals surface area contributed by atoms with Gasteiger partial charge in [0.05, 0.1) is 6.54 Å². The number of Topliss-reactive ketones (excluding diaryl/α,β-unsaturated/α-hetero) is 1. The molecule has 0 amide bonds. The van der Waals surface area contributed by atoms with Crippen molar-refractivity contribution in [1.82, 2.24) is 0 Å². The number of carbonyl (C=O) groups excluding carboxylic acids is 1. The number of para-hydroxylation sites is 1. The molecule has 0 bridgehead atoms. The van der Waals surface area contributed by atoms with Crippen molar-refractivity contribution in [2.24, 2.45) is 0 Å². The average molecular weight is 301 g/mol. The van der Waals surface area contributed by atoms with Gasteiger partial charge in [-0.05, 0) is 23.6 Å². The highest BCUT2D eigenvalue weighted by Gasteiger charge is 2.12. The topological polar surface area (TPSA) is 42.2 Å². The third-order valence-corrected chi connectivity index (χ3v) is 3.93. The zero-order valence-electron chi connectivity index (χ0n) is 12.5. The minimum Gasteiger partial charge on any atom is -0.453 e. The number of hydrogen-bond acceptors (Lipinski definition) is 3. The van der Waals surface area contributed by atoms with Crippen LogP contribution in [0.15, 0.2) is 77.2 Å². The number of carbonyl (C=O) groups is 1. The Morgan fingerprint density at radius 3 is 2.48 bits per heavy atom. The van der Waals surface area contributed by atoms with E-state index in [2.05, 4.69) is 17.4 Å². The standard InChI is InChI=1S/C20H15NO2/c22-18(20-12-15-7-2-4-11-19(15)23-20)13-21-17-10-5-8-14-6-1-3-9-16(14)17/h1-12,21H,13H2. The van der Waals surface area contributed by atoms with E-state index in [4.69, 9.17) is 4.42 Å². The van der Waals surface area contributed by atoms with E-state index in [1.54, 1.807) is 6.07 Å². The lowest BCUT2D eigenvalue weighted by molar-refractivity contribution is 0.0982. The fourth-order valence-electron chi connectivity index (χ4n) is 2.76. The van der Waals surface area contributed by atoms with Gasteiger partial charge in [0.1, 0.15) is 5.58 Å². The van der Waals surface area contributed by atoms with Crippen LogP contribution in [0.3, 0.4) is 0 Å². The fraction of sp³-hybridized carbons (Fsp3) is 0.0500. The van der Waals surface area contributed by atoms with Gasteiger partial charge < -0.3 is 9.73 Å². The van der Waals surface area contributed by atoms with Crippen molar-refractivity contribution in [2.45, 2.75) is 0 Å². The van der Waals surface area contributed by atoms with Crippen molar-refractivity contribution < 1.29 is 9.21 Å². The normalized spacial score (nSPS) is 11.0. The molecule has 3 heteroatoms. The van der Waals surface area contributed by atoms with Crippen molar-refractivity contribution in [1.29, 1.82) is 0 Å². The first kappa shape index (κ1) is 13.6. The summed E-state index contributed by atoms with van der Waals surface area (Å²) in [6.07, 6.45) is 0. The van der Waals surface area contributed by atoms with E-state index in [-0.39, 0.29) is 12.3 Å². The van der Waals surface area contributed by atoms with E-state index in [0.29, 0.717) is 5.76 Å². The summed E-state index contributed by atoms with van der Waals surface area (Å²) in [6.45, 7) is 0.202. The second-order valence-corrected chi connectivity index (χ2v) is 5.45. The Bertz CT molecular complexity index is 962. The summed E-state index contributed by atoms with van der Waals surface area (Å²) >= 11 is 0. The molecular weight excluding hydrogens is 286 g/mol. The van der Waals surface area contributed by atoms with E-state index in [1.165, 1.54) is 0 Å². The van der Waals surface area contributed by atoms with Crippen LogP contribution in [0.2, 0.25) is 0 Å². The van der Waals surface area contributed by atoms with E-state index in [9.17, 15) is 4.79 Å². The molecule has 4 aromatic rings. The van der Waals surface area contributed by atoms with Crippen LogP contribution in [-0.2, 0) is 0 Å². The van der Waals surface area contributed by atoms with Crippen molar-refractivity contribution in [3.05, 3.63) is 78.6 Å². The molecule has 1 aromatic heterocycles. The maximum absolute atomic E-state index is 12.4. The highest BCUT2D eigenvalue weighted by molar-refractivity contribution is 6.01. The van der Waals surface area contributed by atoms with Gasteiger partial charge in [-0.1, -0.05) is 54.6 Å². The number of ketones is 1. The lowest BCUT2D eigenvalue weighted by Gasteiger charge is -2.08. The third kappa shape index (κ3) is 2.57. The van der Waals surface area contributed by atoms with Crippen LogP contribution in [0.25, 0.3) is 21.7 Å². The van der Waals surface area contributed by atoms with Crippen molar-refractivity contribution in [3.8, 4) is 0 Å².